The molecule has 0 saturated heterocycles. The second-order valence-electron chi connectivity index (χ2n) is 7.47. The Morgan fingerprint density at radius 3 is 2.26 bits per heavy atom. The van der Waals surface area contributed by atoms with Gasteiger partial charge >= 0.3 is 5.97 Å². The van der Waals surface area contributed by atoms with Gasteiger partial charge in [-0.1, -0.05) is 87.4 Å². The number of carbonyl (C=O) groups excluding carboxylic acids is 3. The summed E-state index contributed by atoms with van der Waals surface area (Å²) in [5.74, 6) is -1.25. The third-order valence-electron chi connectivity index (χ3n) is 4.87. The third kappa shape index (κ3) is 8.93. The molecule has 2 aromatic carbocycles. The first-order valence-corrected chi connectivity index (χ1v) is 11.2. The summed E-state index contributed by atoms with van der Waals surface area (Å²) < 4.78 is 5.33. The number of hydrogen-bond acceptors (Lipinski definition) is 4. The van der Waals surface area contributed by atoms with Crippen molar-refractivity contribution in [2.45, 2.75) is 58.3 Å². The summed E-state index contributed by atoms with van der Waals surface area (Å²) in [5.41, 5.74) is 1.04. The molecule has 0 atom stereocenters. The first kappa shape index (κ1) is 24.6. The zero-order valence-corrected chi connectivity index (χ0v) is 18.7. The number of unbranched alkanes of at least 4 members (excludes halogenated alkanes) is 6. The molecule has 0 heterocycles. The van der Waals surface area contributed by atoms with Crippen LogP contribution in [0.4, 0.5) is 5.69 Å². The van der Waals surface area contributed by atoms with Gasteiger partial charge in [-0.25, -0.2) is 4.79 Å². The number of amides is 1. The highest BCUT2D eigenvalue weighted by Gasteiger charge is 2.15. The highest BCUT2D eigenvalue weighted by atomic mass is 35.5. The van der Waals surface area contributed by atoms with Crippen molar-refractivity contribution in [2.75, 3.05) is 11.9 Å². The molecule has 2 aromatic rings. The van der Waals surface area contributed by atoms with Crippen LogP contribution in [-0.2, 0) is 9.53 Å². The summed E-state index contributed by atoms with van der Waals surface area (Å²) in [6.07, 6.45) is 7.67. The quantitative estimate of drug-likeness (QED) is 0.167. The Kier molecular flexibility index (Phi) is 10.8. The lowest BCUT2D eigenvalue weighted by atomic mass is 10.1. The molecule has 0 saturated carbocycles. The van der Waals surface area contributed by atoms with Gasteiger partial charge in [0, 0.05) is 5.56 Å². The second-order valence-corrected chi connectivity index (χ2v) is 7.87. The number of ether oxygens (including phenoxy) is 1. The van der Waals surface area contributed by atoms with E-state index in [1.165, 1.54) is 37.8 Å². The Balaban J connectivity index is 1.81. The Morgan fingerprint density at radius 1 is 0.871 bits per heavy atom. The number of ketones is 1. The van der Waals surface area contributed by atoms with Crippen LogP contribution in [0.3, 0.4) is 0 Å². The van der Waals surface area contributed by atoms with Gasteiger partial charge in [0.25, 0.3) is 0 Å². The predicted octanol–water partition coefficient (Wildman–Crippen LogP) is 6.46. The number of esters is 1. The maximum Gasteiger partial charge on any atom is 0.338 e. The molecule has 0 aliphatic heterocycles. The van der Waals surface area contributed by atoms with Crippen molar-refractivity contribution in [3.05, 3.63) is 64.7 Å². The summed E-state index contributed by atoms with van der Waals surface area (Å²) >= 11 is 6.14. The van der Waals surface area contributed by atoms with Gasteiger partial charge in [0.15, 0.2) is 5.78 Å². The van der Waals surface area contributed by atoms with Gasteiger partial charge in [-0.2, -0.15) is 0 Å². The van der Waals surface area contributed by atoms with E-state index in [-0.39, 0.29) is 22.9 Å². The van der Waals surface area contributed by atoms with E-state index < -0.39 is 11.9 Å². The summed E-state index contributed by atoms with van der Waals surface area (Å²) in [6, 6.07) is 13.2. The van der Waals surface area contributed by atoms with Crippen molar-refractivity contribution >= 4 is 34.9 Å². The molecular formula is C25H30ClNO4. The zero-order chi connectivity index (χ0) is 22.5. The minimum atomic E-state index is -0.496. The Hall–Kier alpha value is -2.66. The number of benzene rings is 2. The van der Waals surface area contributed by atoms with Crippen LogP contribution in [0.2, 0.25) is 5.02 Å². The molecule has 5 nitrogen and oxygen atoms in total. The molecule has 0 aliphatic rings. The van der Waals surface area contributed by atoms with Gasteiger partial charge in [-0.15, -0.1) is 0 Å². The second kappa shape index (κ2) is 13.6. The van der Waals surface area contributed by atoms with E-state index in [4.69, 9.17) is 16.3 Å². The molecule has 0 bridgehead atoms. The molecule has 166 valence electrons. The fraction of sp³-hybridized carbons (Fsp3) is 0.400. The normalized spacial score (nSPS) is 10.5. The Labute approximate surface area is 189 Å². The average molecular weight is 444 g/mol. The van der Waals surface area contributed by atoms with Crippen LogP contribution in [0.25, 0.3) is 0 Å². The molecular weight excluding hydrogens is 414 g/mol. The number of carbonyl (C=O) groups is 3. The highest BCUT2D eigenvalue weighted by Crippen LogP contribution is 2.24. The van der Waals surface area contributed by atoms with Crippen LogP contribution in [0, 0.1) is 0 Å². The first-order valence-electron chi connectivity index (χ1n) is 10.9. The molecule has 6 heteroatoms. The van der Waals surface area contributed by atoms with Crippen LogP contribution in [-0.4, -0.2) is 24.3 Å². The van der Waals surface area contributed by atoms with Gasteiger partial charge in [0.05, 0.1) is 29.3 Å². The number of nitrogens with one attached hydrogen (secondary N) is 1. The van der Waals surface area contributed by atoms with Crippen LogP contribution in [0.5, 0.6) is 0 Å². The van der Waals surface area contributed by atoms with Crippen molar-refractivity contribution in [3.8, 4) is 0 Å². The highest BCUT2D eigenvalue weighted by molar-refractivity contribution is 6.34. The Morgan fingerprint density at radius 2 is 1.55 bits per heavy atom. The van der Waals surface area contributed by atoms with Crippen molar-refractivity contribution < 1.29 is 19.1 Å². The molecule has 1 amide bonds. The summed E-state index contributed by atoms with van der Waals surface area (Å²) in [7, 11) is 0. The Bertz CT molecular complexity index is 867. The van der Waals surface area contributed by atoms with Crippen molar-refractivity contribution in [1.82, 2.24) is 0 Å². The monoisotopic (exact) mass is 443 g/mol. The predicted molar refractivity (Wildman–Crippen MR) is 124 cm³/mol. The van der Waals surface area contributed by atoms with E-state index in [1.54, 1.807) is 36.4 Å². The number of halogens is 1. The van der Waals surface area contributed by atoms with Gasteiger partial charge in [-0.05, 0) is 24.6 Å². The smallest absolute Gasteiger partial charge is 0.338 e. The molecule has 0 radical (unpaired) electrons. The third-order valence-corrected chi connectivity index (χ3v) is 5.20. The molecule has 0 fully saturated rings. The van der Waals surface area contributed by atoms with E-state index in [9.17, 15) is 14.4 Å². The van der Waals surface area contributed by atoms with E-state index >= 15 is 0 Å². The summed E-state index contributed by atoms with van der Waals surface area (Å²) in [6.45, 7) is 2.56. The lowest BCUT2D eigenvalue weighted by Crippen LogP contribution is -2.17. The van der Waals surface area contributed by atoms with Gasteiger partial charge in [0.1, 0.15) is 0 Å². The summed E-state index contributed by atoms with van der Waals surface area (Å²) in [5, 5.41) is 2.89. The molecule has 0 unspecified atom stereocenters. The number of rotatable bonds is 13. The van der Waals surface area contributed by atoms with Crippen LogP contribution in [0.15, 0.2) is 48.5 Å². The maximum atomic E-state index is 12.3. The standard InChI is InChI=1S/C25H30ClNO4/c1-2-3-4-5-6-7-11-16-31-25(30)20-14-15-21(26)22(17-20)27-24(29)18-23(28)19-12-9-8-10-13-19/h8-10,12-15,17H,2-7,11,16,18H2,1H3,(H,27,29). The van der Waals surface area contributed by atoms with E-state index in [0.717, 1.165) is 19.3 Å². The maximum absolute atomic E-state index is 12.3. The summed E-state index contributed by atoms with van der Waals surface area (Å²) in [4.78, 5) is 36.7. The fourth-order valence-corrected chi connectivity index (χ4v) is 3.29. The SMILES string of the molecule is CCCCCCCCCOC(=O)c1ccc(Cl)c(NC(=O)CC(=O)c2ccccc2)c1. The average Bonchev–Trinajstić information content (AvgIpc) is 2.77. The van der Waals surface area contributed by atoms with Gasteiger partial charge in [-0.3, -0.25) is 9.59 Å². The lowest BCUT2D eigenvalue weighted by molar-refractivity contribution is -0.115. The first-order chi connectivity index (χ1) is 15.0. The molecule has 0 aromatic heterocycles. The van der Waals surface area contributed by atoms with E-state index in [0.29, 0.717) is 17.7 Å². The van der Waals surface area contributed by atoms with Crippen LogP contribution < -0.4 is 5.32 Å². The molecule has 0 aliphatic carbocycles. The minimum Gasteiger partial charge on any atom is -0.462 e. The van der Waals surface area contributed by atoms with Crippen molar-refractivity contribution in [2.24, 2.45) is 0 Å². The van der Waals surface area contributed by atoms with Gasteiger partial charge in [0.2, 0.25) is 5.91 Å². The van der Waals surface area contributed by atoms with Crippen molar-refractivity contribution in [1.29, 1.82) is 0 Å². The van der Waals surface area contributed by atoms with E-state index in [1.807, 2.05) is 0 Å². The number of anilines is 1. The topological polar surface area (TPSA) is 72.5 Å². The van der Waals surface area contributed by atoms with Crippen molar-refractivity contribution in [3.63, 3.8) is 0 Å². The molecule has 1 N–H and O–H groups in total. The zero-order valence-electron chi connectivity index (χ0n) is 18.0. The largest absolute Gasteiger partial charge is 0.462 e. The number of Topliss-reactive ketones (excluding diaryl/α,β-unsaturated/α-hetero) is 1. The molecule has 2 rings (SSSR count). The van der Waals surface area contributed by atoms with E-state index in [2.05, 4.69) is 12.2 Å². The molecule has 0 spiro atoms. The fourth-order valence-electron chi connectivity index (χ4n) is 3.12. The van der Waals surface area contributed by atoms with Crippen LogP contribution in [0.1, 0.15) is 79.0 Å². The van der Waals surface area contributed by atoms with Gasteiger partial charge < -0.3 is 10.1 Å². The number of hydrogen-bond donors (Lipinski definition) is 1. The molecule has 31 heavy (non-hydrogen) atoms. The lowest BCUT2D eigenvalue weighted by Gasteiger charge is -2.10. The minimum absolute atomic E-state index is 0.276. The van der Waals surface area contributed by atoms with Crippen LogP contribution >= 0.6 is 11.6 Å².